The first-order valence-electron chi connectivity index (χ1n) is 8.02. The molecule has 7 nitrogen and oxygen atoms in total. The largest absolute Gasteiger partial charge is 0.468 e. The van der Waals surface area contributed by atoms with E-state index in [2.05, 4.69) is 5.32 Å². The second-order valence-electron chi connectivity index (χ2n) is 6.38. The normalized spacial score (nSPS) is 27.5. The quantitative estimate of drug-likeness (QED) is 0.889. The van der Waals surface area contributed by atoms with E-state index in [0.29, 0.717) is 25.4 Å². The van der Waals surface area contributed by atoms with Gasteiger partial charge in [-0.05, 0) is 30.9 Å². The van der Waals surface area contributed by atoms with Gasteiger partial charge in [-0.25, -0.2) is 0 Å². The average molecular weight is 341 g/mol. The molecular formula is C15H23N3O4S. The summed E-state index contributed by atoms with van der Waals surface area (Å²) >= 11 is 0. The number of nitrogens with one attached hydrogen (secondary N) is 1. The Morgan fingerprint density at radius 2 is 2.09 bits per heavy atom. The maximum absolute atomic E-state index is 13.2. The molecule has 0 spiro atoms. The summed E-state index contributed by atoms with van der Waals surface area (Å²) < 4.78 is 34.6. The highest BCUT2D eigenvalue weighted by Gasteiger charge is 2.46. The van der Waals surface area contributed by atoms with Crippen molar-refractivity contribution in [2.24, 2.45) is 5.92 Å². The van der Waals surface area contributed by atoms with Crippen molar-refractivity contribution in [1.29, 1.82) is 0 Å². The fourth-order valence-electron chi connectivity index (χ4n) is 3.47. The molecule has 0 aliphatic carbocycles. The van der Waals surface area contributed by atoms with Gasteiger partial charge in [0, 0.05) is 19.6 Å². The van der Waals surface area contributed by atoms with Crippen LogP contribution < -0.4 is 5.32 Å². The first kappa shape index (κ1) is 16.5. The van der Waals surface area contributed by atoms with Crippen LogP contribution in [0.25, 0.3) is 0 Å². The van der Waals surface area contributed by atoms with Gasteiger partial charge in [0.2, 0.25) is 5.91 Å². The lowest BCUT2D eigenvalue weighted by Crippen LogP contribution is -2.61. The minimum absolute atomic E-state index is 0.0882. The Morgan fingerprint density at radius 1 is 1.30 bits per heavy atom. The van der Waals surface area contributed by atoms with Crippen LogP contribution in [0.15, 0.2) is 22.8 Å². The van der Waals surface area contributed by atoms with Crippen LogP contribution in [0.3, 0.4) is 0 Å². The molecule has 0 bridgehead atoms. The first-order chi connectivity index (χ1) is 10.9. The summed E-state index contributed by atoms with van der Waals surface area (Å²) in [5, 5.41) is 2.76. The van der Waals surface area contributed by atoms with E-state index in [4.69, 9.17) is 4.42 Å². The number of piperazine rings is 1. The first-order valence-corrected chi connectivity index (χ1v) is 9.42. The second-order valence-corrected chi connectivity index (χ2v) is 8.22. The summed E-state index contributed by atoms with van der Waals surface area (Å²) in [7, 11) is -3.72. The molecule has 3 rings (SSSR count). The van der Waals surface area contributed by atoms with Crippen molar-refractivity contribution in [2.45, 2.75) is 38.8 Å². The molecule has 23 heavy (non-hydrogen) atoms. The highest BCUT2D eigenvalue weighted by molar-refractivity contribution is 7.86. The van der Waals surface area contributed by atoms with Crippen molar-refractivity contribution >= 4 is 16.1 Å². The molecule has 2 atom stereocenters. The fraction of sp³-hybridized carbons (Fsp3) is 0.667. The van der Waals surface area contributed by atoms with Crippen molar-refractivity contribution in [2.75, 3.05) is 19.6 Å². The third-order valence-electron chi connectivity index (χ3n) is 4.51. The summed E-state index contributed by atoms with van der Waals surface area (Å²) in [4.78, 5) is 12.2. The number of hydrogen-bond acceptors (Lipinski definition) is 4. The molecule has 1 aromatic heterocycles. The van der Waals surface area contributed by atoms with Crippen LogP contribution in [-0.2, 0) is 15.0 Å². The van der Waals surface area contributed by atoms with Crippen molar-refractivity contribution in [3.63, 3.8) is 0 Å². The van der Waals surface area contributed by atoms with E-state index < -0.39 is 16.3 Å². The van der Waals surface area contributed by atoms with Gasteiger partial charge in [-0.3, -0.25) is 4.79 Å². The number of amides is 1. The lowest BCUT2D eigenvalue weighted by atomic mass is 10.0. The molecule has 1 N–H and O–H groups in total. The summed E-state index contributed by atoms with van der Waals surface area (Å²) in [5.74, 6) is 0.354. The highest BCUT2D eigenvalue weighted by Crippen LogP contribution is 2.36. The monoisotopic (exact) mass is 341 g/mol. The Hall–Kier alpha value is -1.38. The zero-order valence-electron chi connectivity index (χ0n) is 13.4. The molecule has 1 amide bonds. The summed E-state index contributed by atoms with van der Waals surface area (Å²) in [6, 6.07) is 2.63. The zero-order valence-corrected chi connectivity index (χ0v) is 14.3. The smallest absolute Gasteiger partial charge is 0.283 e. The predicted octanol–water partition coefficient (Wildman–Crippen LogP) is 1.12. The molecule has 2 aliphatic rings. The van der Waals surface area contributed by atoms with Gasteiger partial charge in [0.05, 0.1) is 12.3 Å². The Morgan fingerprint density at radius 3 is 2.74 bits per heavy atom. The molecule has 0 radical (unpaired) electrons. The number of hydrogen-bond donors (Lipinski definition) is 1. The van der Waals surface area contributed by atoms with E-state index in [1.807, 2.05) is 13.8 Å². The van der Waals surface area contributed by atoms with E-state index in [9.17, 15) is 13.2 Å². The third kappa shape index (κ3) is 2.90. The molecule has 1 aromatic rings. The van der Waals surface area contributed by atoms with Gasteiger partial charge in [0.25, 0.3) is 10.2 Å². The Balaban J connectivity index is 1.92. The second kappa shape index (κ2) is 6.26. The number of nitrogens with zero attached hydrogens (tertiary/aromatic N) is 2. The molecule has 2 fully saturated rings. The molecule has 8 heteroatoms. The van der Waals surface area contributed by atoms with E-state index in [-0.39, 0.29) is 17.9 Å². The molecule has 2 saturated heterocycles. The minimum atomic E-state index is -3.72. The Labute approximate surface area is 136 Å². The summed E-state index contributed by atoms with van der Waals surface area (Å²) in [5.41, 5.74) is 0. The van der Waals surface area contributed by atoms with Gasteiger partial charge in [-0.15, -0.1) is 0 Å². The van der Waals surface area contributed by atoms with Crippen molar-refractivity contribution in [3.05, 3.63) is 24.2 Å². The lowest BCUT2D eigenvalue weighted by Gasteiger charge is -2.39. The number of rotatable bonds is 4. The maximum atomic E-state index is 13.2. The molecule has 3 heterocycles. The zero-order chi connectivity index (χ0) is 16.6. The van der Waals surface area contributed by atoms with Gasteiger partial charge >= 0.3 is 0 Å². The topological polar surface area (TPSA) is 82.9 Å². The third-order valence-corrected chi connectivity index (χ3v) is 6.54. The van der Waals surface area contributed by atoms with Crippen LogP contribution >= 0.6 is 0 Å². The standard InChI is InChI=1S/C15H23N3O4S/c1-11(2)14-15(19)16-7-9-18(14)23(20,21)17-8-3-5-12(17)13-6-4-10-22-13/h4,6,10-12,14H,3,5,7-9H2,1-2H3,(H,16,19)/t12-,14-/m1/s1. The molecule has 2 aliphatic heterocycles. The molecule has 128 valence electrons. The number of carbonyl (C=O) groups is 1. The SMILES string of the molecule is CC(C)[C@@H]1C(=O)NCCN1S(=O)(=O)N1CCC[C@@H]1c1ccco1. The van der Waals surface area contributed by atoms with Gasteiger partial charge in [0.1, 0.15) is 11.8 Å². The van der Waals surface area contributed by atoms with Gasteiger partial charge in [0.15, 0.2) is 0 Å². The molecule has 0 unspecified atom stereocenters. The lowest BCUT2D eigenvalue weighted by molar-refractivity contribution is -0.128. The number of carbonyl (C=O) groups excluding carboxylic acids is 1. The Kier molecular flexibility index (Phi) is 4.48. The summed E-state index contributed by atoms with van der Waals surface area (Å²) in [6.45, 7) is 4.84. The van der Waals surface area contributed by atoms with Crippen LogP contribution in [-0.4, -0.2) is 48.6 Å². The maximum Gasteiger partial charge on any atom is 0.283 e. The minimum Gasteiger partial charge on any atom is -0.468 e. The van der Waals surface area contributed by atoms with E-state index in [1.165, 1.54) is 8.61 Å². The predicted molar refractivity (Wildman–Crippen MR) is 84.7 cm³/mol. The fourth-order valence-corrected chi connectivity index (χ4v) is 5.58. The number of furan rings is 1. The molecule has 0 aromatic carbocycles. The summed E-state index contributed by atoms with van der Waals surface area (Å²) in [6.07, 6.45) is 3.08. The van der Waals surface area contributed by atoms with Crippen molar-refractivity contribution < 1.29 is 17.6 Å². The van der Waals surface area contributed by atoms with Gasteiger partial charge in [-0.1, -0.05) is 13.8 Å². The van der Waals surface area contributed by atoms with Crippen LogP contribution in [0, 0.1) is 5.92 Å². The van der Waals surface area contributed by atoms with Crippen LogP contribution in [0.2, 0.25) is 0 Å². The molecular weight excluding hydrogens is 318 g/mol. The van der Waals surface area contributed by atoms with E-state index >= 15 is 0 Å². The van der Waals surface area contributed by atoms with Crippen LogP contribution in [0.5, 0.6) is 0 Å². The average Bonchev–Trinajstić information content (AvgIpc) is 3.17. The molecule has 0 saturated carbocycles. The van der Waals surface area contributed by atoms with Gasteiger partial charge in [-0.2, -0.15) is 17.0 Å². The van der Waals surface area contributed by atoms with Crippen LogP contribution in [0.1, 0.15) is 38.5 Å². The van der Waals surface area contributed by atoms with Crippen LogP contribution in [0.4, 0.5) is 0 Å². The van der Waals surface area contributed by atoms with Gasteiger partial charge < -0.3 is 9.73 Å². The van der Waals surface area contributed by atoms with E-state index in [1.54, 1.807) is 18.4 Å². The van der Waals surface area contributed by atoms with Crippen molar-refractivity contribution in [1.82, 2.24) is 13.9 Å². The highest BCUT2D eigenvalue weighted by atomic mass is 32.2. The Bertz CT molecular complexity index is 656. The van der Waals surface area contributed by atoms with Crippen molar-refractivity contribution in [3.8, 4) is 0 Å². The van der Waals surface area contributed by atoms with E-state index in [0.717, 1.165) is 12.8 Å².